The van der Waals surface area contributed by atoms with Gasteiger partial charge in [0.05, 0.1) is 0 Å². The van der Waals surface area contributed by atoms with E-state index in [-0.39, 0.29) is 0 Å². The lowest BCUT2D eigenvalue weighted by Crippen LogP contribution is -1.88. The largest absolute Gasteiger partial charge is 0.300 e. The molecule has 0 fully saturated rings. The van der Waals surface area contributed by atoms with Gasteiger partial charge in [-0.3, -0.25) is 0 Å². The van der Waals surface area contributed by atoms with Gasteiger partial charge in [-0.2, -0.15) is 0 Å². The van der Waals surface area contributed by atoms with Gasteiger partial charge in [0.15, 0.2) is 0 Å². The Balaban J connectivity index is 0. The van der Waals surface area contributed by atoms with E-state index in [0.717, 1.165) is 17.3 Å². The van der Waals surface area contributed by atoms with E-state index < -0.39 is 0 Å². The van der Waals surface area contributed by atoms with E-state index in [2.05, 4.69) is 29.2 Å². The number of Topliss-reactive ketones (excluding diaryl/α,β-unsaturated/α-hetero) is 1. The lowest BCUT2D eigenvalue weighted by molar-refractivity contribution is -0.117. The first kappa shape index (κ1) is 12.8. The normalized spacial score (nSPS) is 7.50. The van der Waals surface area contributed by atoms with Crippen LogP contribution in [0.2, 0.25) is 0 Å². The SMILES string of the molecule is C=CC.CC(=O)CCCI. The van der Waals surface area contributed by atoms with Gasteiger partial charge >= 0.3 is 0 Å². The second-order valence-electron chi connectivity index (χ2n) is 1.90. The maximum absolute atomic E-state index is 10.2. The summed E-state index contributed by atoms with van der Waals surface area (Å²) < 4.78 is 1.09. The first-order valence-electron chi connectivity index (χ1n) is 3.31. The third kappa shape index (κ3) is 24.2. The van der Waals surface area contributed by atoms with Crippen LogP contribution in [-0.2, 0) is 4.79 Å². The number of hydrogen-bond donors (Lipinski definition) is 0. The number of hydrogen-bond acceptors (Lipinski definition) is 1. The molecular weight excluding hydrogens is 239 g/mol. The van der Waals surface area contributed by atoms with Crippen molar-refractivity contribution in [1.82, 2.24) is 0 Å². The average Bonchev–Trinajstić information content (AvgIpc) is 1.85. The molecule has 0 radical (unpaired) electrons. The highest BCUT2D eigenvalue weighted by Gasteiger charge is 1.88. The zero-order chi connectivity index (χ0) is 8.41. The van der Waals surface area contributed by atoms with Crippen molar-refractivity contribution in [1.29, 1.82) is 0 Å². The van der Waals surface area contributed by atoms with Gasteiger partial charge in [0, 0.05) is 6.42 Å². The van der Waals surface area contributed by atoms with E-state index in [4.69, 9.17) is 0 Å². The van der Waals surface area contributed by atoms with Gasteiger partial charge in [-0.1, -0.05) is 28.7 Å². The Morgan fingerprint density at radius 3 is 2.20 bits per heavy atom. The van der Waals surface area contributed by atoms with Crippen molar-refractivity contribution in [3.63, 3.8) is 0 Å². The van der Waals surface area contributed by atoms with Crippen LogP contribution in [0.25, 0.3) is 0 Å². The smallest absolute Gasteiger partial charge is 0.129 e. The van der Waals surface area contributed by atoms with Gasteiger partial charge in [-0.25, -0.2) is 0 Å². The van der Waals surface area contributed by atoms with Crippen LogP contribution >= 0.6 is 22.6 Å². The van der Waals surface area contributed by atoms with Crippen LogP contribution in [0.1, 0.15) is 26.7 Å². The fourth-order valence-electron chi connectivity index (χ4n) is 0.316. The van der Waals surface area contributed by atoms with E-state index in [0.29, 0.717) is 5.78 Å². The Morgan fingerprint density at radius 1 is 1.70 bits per heavy atom. The highest BCUT2D eigenvalue weighted by molar-refractivity contribution is 14.1. The van der Waals surface area contributed by atoms with E-state index in [1.807, 2.05) is 6.92 Å². The zero-order valence-electron chi connectivity index (χ0n) is 6.69. The molecule has 0 unspecified atom stereocenters. The number of allylic oxidation sites excluding steroid dienone is 1. The van der Waals surface area contributed by atoms with E-state index >= 15 is 0 Å². The minimum Gasteiger partial charge on any atom is -0.300 e. The summed E-state index contributed by atoms with van der Waals surface area (Å²) in [5, 5.41) is 0. The molecule has 0 saturated heterocycles. The molecule has 0 rings (SSSR count). The summed E-state index contributed by atoms with van der Waals surface area (Å²) in [7, 11) is 0. The quantitative estimate of drug-likeness (QED) is 0.430. The number of halogens is 1. The van der Waals surface area contributed by atoms with Crippen LogP contribution in [0.4, 0.5) is 0 Å². The highest BCUT2D eigenvalue weighted by atomic mass is 127. The molecular formula is C8H15IO. The van der Waals surface area contributed by atoms with Crippen molar-refractivity contribution in [3.8, 4) is 0 Å². The van der Waals surface area contributed by atoms with Crippen LogP contribution in [0.5, 0.6) is 0 Å². The maximum atomic E-state index is 10.2. The molecule has 60 valence electrons. The van der Waals surface area contributed by atoms with Crippen LogP contribution in [0.3, 0.4) is 0 Å². The predicted molar refractivity (Wildman–Crippen MR) is 54.7 cm³/mol. The topological polar surface area (TPSA) is 17.1 Å². The summed E-state index contributed by atoms with van der Waals surface area (Å²) in [5.41, 5.74) is 0. The van der Waals surface area contributed by atoms with Gasteiger partial charge < -0.3 is 4.79 Å². The molecule has 0 atom stereocenters. The predicted octanol–water partition coefficient (Wildman–Crippen LogP) is 2.98. The first-order chi connectivity index (χ1) is 4.68. The molecule has 0 aliphatic heterocycles. The van der Waals surface area contributed by atoms with Gasteiger partial charge in [0.1, 0.15) is 5.78 Å². The Labute approximate surface area is 77.0 Å². The van der Waals surface area contributed by atoms with E-state index in [1.54, 1.807) is 13.0 Å². The van der Waals surface area contributed by atoms with Gasteiger partial charge in [-0.05, 0) is 24.7 Å². The lowest BCUT2D eigenvalue weighted by Gasteiger charge is -1.85. The number of carbonyl (C=O) groups is 1. The van der Waals surface area contributed by atoms with Crippen molar-refractivity contribution in [2.75, 3.05) is 4.43 Å². The summed E-state index contributed by atoms with van der Waals surface area (Å²) in [4.78, 5) is 10.2. The molecule has 0 bridgehead atoms. The molecule has 0 aromatic carbocycles. The Hall–Kier alpha value is 0.140. The third-order valence-electron chi connectivity index (χ3n) is 0.662. The third-order valence-corrected chi connectivity index (χ3v) is 1.43. The molecule has 1 nitrogen and oxygen atoms in total. The molecule has 0 aliphatic rings. The van der Waals surface area contributed by atoms with Crippen molar-refractivity contribution in [2.45, 2.75) is 26.7 Å². The lowest BCUT2D eigenvalue weighted by atomic mass is 10.3. The number of rotatable bonds is 3. The van der Waals surface area contributed by atoms with Gasteiger partial charge in [0.2, 0.25) is 0 Å². The van der Waals surface area contributed by atoms with Crippen LogP contribution in [0, 0.1) is 0 Å². The standard InChI is InChI=1S/C5H9IO.C3H6/c1-5(7)3-2-4-6;1-3-2/h2-4H2,1H3;3H,1H2,2H3. The van der Waals surface area contributed by atoms with Gasteiger partial charge in [-0.15, -0.1) is 6.58 Å². The molecule has 0 aliphatic carbocycles. The summed E-state index contributed by atoms with van der Waals surface area (Å²) in [5.74, 6) is 0.302. The summed E-state index contributed by atoms with van der Waals surface area (Å²) in [6.45, 7) is 6.88. The Morgan fingerprint density at radius 2 is 2.10 bits per heavy atom. The first-order valence-corrected chi connectivity index (χ1v) is 4.84. The molecule has 0 saturated carbocycles. The number of ketones is 1. The molecule has 2 heteroatoms. The molecule has 0 N–H and O–H groups in total. The molecule has 0 spiro atoms. The number of alkyl halides is 1. The van der Waals surface area contributed by atoms with Crippen molar-refractivity contribution >= 4 is 28.4 Å². The summed E-state index contributed by atoms with van der Waals surface area (Å²) in [6.07, 6.45) is 3.54. The summed E-state index contributed by atoms with van der Waals surface area (Å²) in [6, 6.07) is 0. The van der Waals surface area contributed by atoms with Crippen LogP contribution < -0.4 is 0 Å². The van der Waals surface area contributed by atoms with Crippen molar-refractivity contribution in [2.24, 2.45) is 0 Å². The highest BCUT2D eigenvalue weighted by Crippen LogP contribution is 1.93. The van der Waals surface area contributed by atoms with Crippen LogP contribution in [-0.4, -0.2) is 10.2 Å². The fourth-order valence-corrected chi connectivity index (χ4v) is 0.697. The molecule has 0 amide bonds. The second kappa shape index (κ2) is 11.9. The summed E-state index contributed by atoms with van der Waals surface area (Å²) >= 11 is 2.27. The second-order valence-corrected chi connectivity index (χ2v) is 2.98. The Bertz CT molecular complexity index is 89.3. The monoisotopic (exact) mass is 254 g/mol. The van der Waals surface area contributed by atoms with Crippen molar-refractivity contribution < 1.29 is 4.79 Å². The van der Waals surface area contributed by atoms with Crippen molar-refractivity contribution in [3.05, 3.63) is 12.7 Å². The minimum absolute atomic E-state index is 0.302. The zero-order valence-corrected chi connectivity index (χ0v) is 8.85. The number of carbonyl (C=O) groups excluding carboxylic acids is 1. The van der Waals surface area contributed by atoms with E-state index in [9.17, 15) is 4.79 Å². The average molecular weight is 254 g/mol. The van der Waals surface area contributed by atoms with E-state index in [1.165, 1.54) is 0 Å². The fraction of sp³-hybridized carbons (Fsp3) is 0.625. The molecule has 10 heavy (non-hydrogen) atoms. The molecule has 0 aromatic rings. The molecule has 0 heterocycles. The minimum atomic E-state index is 0.302. The molecule has 0 aromatic heterocycles. The maximum Gasteiger partial charge on any atom is 0.129 e. The van der Waals surface area contributed by atoms with Crippen LogP contribution in [0.15, 0.2) is 12.7 Å². The van der Waals surface area contributed by atoms with Gasteiger partial charge in [0.25, 0.3) is 0 Å². The Kier molecular flexibility index (Phi) is 15.2.